The molecular weight excluding hydrogens is 460 g/mol. The molecule has 0 atom stereocenters. The first-order valence-corrected chi connectivity index (χ1v) is 11.6. The molecule has 0 saturated carbocycles. The van der Waals surface area contributed by atoms with E-state index in [1.807, 2.05) is 67.5 Å². The summed E-state index contributed by atoms with van der Waals surface area (Å²) < 4.78 is 0. The molecule has 6 nitrogen and oxygen atoms in total. The van der Waals surface area contributed by atoms with Crippen molar-refractivity contribution in [2.24, 2.45) is 5.10 Å². The number of halogens is 1. The number of hydrogen-bond donors (Lipinski definition) is 2. The number of rotatable bonds is 8. The Morgan fingerprint density at radius 3 is 2.14 bits per heavy atom. The predicted molar refractivity (Wildman–Crippen MR) is 144 cm³/mol. The molecular formula is C28H29ClN4O2. The van der Waals surface area contributed by atoms with E-state index in [0.29, 0.717) is 10.9 Å². The molecule has 0 radical (unpaired) electrons. The minimum Gasteiger partial charge on any atom is -0.378 e. The van der Waals surface area contributed by atoms with E-state index in [1.165, 1.54) is 5.56 Å². The van der Waals surface area contributed by atoms with Crippen LogP contribution in [-0.4, -0.2) is 32.1 Å². The van der Waals surface area contributed by atoms with Crippen molar-refractivity contribution in [3.63, 3.8) is 0 Å². The van der Waals surface area contributed by atoms with Gasteiger partial charge >= 0.3 is 0 Å². The van der Waals surface area contributed by atoms with Gasteiger partial charge in [-0.15, -0.1) is 0 Å². The Hall–Kier alpha value is -3.90. The van der Waals surface area contributed by atoms with E-state index < -0.39 is 11.8 Å². The highest BCUT2D eigenvalue weighted by molar-refractivity contribution is 6.34. The first-order valence-electron chi connectivity index (χ1n) is 11.2. The van der Waals surface area contributed by atoms with Crippen molar-refractivity contribution in [1.29, 1.82) is 0 Å². The molecule has 0 heterocycles. The van der Waals surface area contributed by atoms with Crippen LogP contribution in [0.25, 0.3) is 6.08 Å². The van der Waals surface area contributed by atoms with Crippen LogP contribution in [0.3, 0.4) is 0 Å². The Bertz CT molecular complexity index is 1230. The van der Waals surface area contributed by atoms with Crippen molar-refractivity contribution in [3.05, 3.63) is 106 Å². The molecule has 0 aliphatic heterocycles. The van der Waals surface area contributed by atoms with Gasteiger partial charge < -0.3 is 10.2 Å². The third-order valence-electron chi connectivity index (χ3n) is 5.31. The first kappa shape index (κ1) is 25.7. The largest absolute Gasteiger partial charge is 0.378 e. The molecule has 0 spiro atoms. The molecule has 0 saturated heterocycles. The summed E-state index contributed by atoms with van der Waals surface area (Å²) in [5, 5.41) is 7.03. The Morgan fingerprint density at radius 2 is 1.54 bits per heavy atom. The number of anilines is 1. The Morgan fingerprint density at radius 1 is 0.914 bits per heavy atom. The second-order valence-corrected chi connectivity index (χ2v) is 8.91. The van der Waals surface area contributed by atoms with Crippen molar-refractivity contribution in [1.82, 2.24) is 10.7 Å². The van der Waals surface area contributed by atoms with Gasteiger partial charge in [-0.3, -0.25) is 9.59 Å². The van der Waals surface area contributed by atoms with E-state index >= 15 is 0 Å². The van der Waals surface area contributed by atoms with Crippen LogP contribution < -0.4 is 15.6 Å². The van der Waals surface area contributed by atoms with Crippen LogP contribution in [0, 0.1) is 0 Å². The Balaban J connectivity index is 1.81. The highest BCUT2D eigenvalue weighted by Crippen LogP contribution is 2.17. The molecule has 0 fully saturated rings. The lowest BCUT2D eigenvalue weighted by Gasteiger charge is -2.13. The maximum absolute atomic E-state index is 13.0. The van der Waals surface area contributed by atoms with Crippen LogP contribution >= 0.6 is 11.6 Å². The van der Waals surface area contributed by atoms with Gasteiger partial charge in [0.05, 0.1) is 16.8 Å². The summed E-state index contributed by atoms with van der Waals surface area (Å²) in [6.07, 6.45) is 3.15. The normalized spacial score (nSPS) is 11.5. The van der Waals surface area contributed by atoms with Crippen LogP contribution in [0.5, 0.6) is 0 Å². The van der Waals surface area contributed by atoms with E-state index in [1.54, 1.807) is 36.6 Å². The zero-order valence-electron chi connectivity index (χ0n) is 20.2. The number of benzene rings is 3. The van der Waals surface area contributed by atoms with Gasteiger partial charge in [0, 0.05) is 19.8 Å². The third-order valence-corrected chi connectivity index (χ3v) is 5.64. The summed E-state index contributed by atoms with van der Waals surface area (Å²) in [6.45, 7) is 4.25. The average molecular weight is 489 g/mol. The van der Waals surface area contributed by atoms with Gasteiger partial charge in [0.25, 0.3) is 11.8 Å². The molecule has 0 aliphatic rings. The van der Waals surface area contributed by atoms with Crippen molar-refractivity contribution >= 4 is 41.4 Å². The van der Waals surface area contributed by atoms with Crippen molar-refractivity contribution in [2.75, 3.05) is 19.0 Å². The molecule has 3 rings (SSSR count). The molecule has 3 aromatic rings. The lowest BCUT2D eigenvalue weighted by Crippen LogP contribution is -2.33. The van der Waals surface area contributed by atoms with Crippen LogP contribution in [0.1, 0.15) is 46.8 Å². The fraction of sp³-hybridized carbons (Fsp3) is 0.179. The van der Waals surface area contributed by atoms with Crippen LogP contribution in [0.15, 0.2) is 83.6 Å². The number of nitrogens with one attached hydrogen (secondary N) is 2. The maximum atomic E-state index is 13.0. The van der Waals surface area contributed by atoms with Gasteiger partial charge in [-0.1, -0.05) is 74.0 Å². The van der Waals surface area contributed by atoms with E-state index in [0.717, 1.165) is 16.8 Å². The number of hydrogen-bond acceptors (Lipinski definition) is 4. The summed E-state index contributed by atoms with van der Waals surface area (Å²) in [5.41, 5.74) is 6.63. The lowest BCUT2D eigenvalue weighted by molar-refractivity contribution is -0.117. The molecule has 180 valence electrons. The number of nitrogens with zero attached hydrogens (tertiary/aromatic N) is 2. The second kappa shape index (κ2) is 12.0. The van der Waals surface area contributed by atoms with Crippen molar-refractivity contribution in [3.8, 4) is 0 Å². The summed E-state index contributed by atoms with van der Waals surface area (Å²) in [7, 11) is 3.89. The van der Waals surface area contributed by atoms with E-state index in [-0.39, 0.29) is 11.3 Å². The first-order chi connectivity index (χ1) is 16.7. The fourth-order valence-corrected chi connectivity index (χ4v) is 3.44. The van der Waals surface area contributed by atoms with Crippen LogP contribution in [0.2, 0.25) is 5.02 Å². The smallest absolute Gasteiger partial charge is 0.287 e. The highest BCUT2D eigenvalue weighted by atomic mass is 35.5. The molecule has 0 aliphatic carbocycles. The minimum atomic E-state index is -0.558. The standard InChI is InChI=1S/C28H29ClN4O2/c1-19(2)22-13-9-21(10-14-22)18-30-32-28(35)26(17-20-11-15-23(16-12-20)33(3)4)31-27(34)24-7-5-6-8-25(24)29/h5-19H,1-4H3,(H,31,34)(H,32,35). The quantitative estimate of drug-likeness (QED) is 0.251. The van der Waals surface area contributed by atoms with Crippen LogP contribution in [-0.2, 0) is 4.79 Å². The molecule has 7 heteroatoms. The van der Waals surface area contributed by atoms with E-state index in [4.69, 9.17) is 11.6 Å². The summed E-state index contributed by atoms with van der Waals surface area (Å²) in [4.78, 5) is 27.8. The predicted octanol–water partition coefficient (Wildman–Crippen LogP) is 5.45. The maximum Gasteiger partial charge on any atom is 0.287 e. The molecule has 0 unspecified atom stereocenters. The fourth-order valence-electron chi connectivity index (χ4n) is 3.22. The molecule has 0 bridgehead atoms. The Kier molecular flexibility index (Phi) is 8.81. The van der Waals surface area contributed by atoms with Gasteiger partial charge in [-0.2, -0.15) is 5.10 Å². The lowest BCUT2D eigenvalue weighted by atomic mass is 10.0. The van der Waals surface area contributed by atoms with Crippen molar-refractivity contribution in [2.45, 2.75) is 19.8 Å². The second-order valence-electron chi connectivity index (χ2n) is 8.50. The Labute approximate surface area is 211 Å². The van der Waals surface area contributed by atoms with Crippen LogP contribution in [0.4, 0.5) is 5.69 Å². The summed E-state index contributed by atoms with van der Waals surface area (Å²) in [5.74, 6) is -0.616. The topological polar surface area (TPSA) is 73.8 Å². The molecule has 2 amide bonds. The van der Waals surface area contributed by atoms with Gasteiger partial charge in [-0.05, 0) is 52.9 Å². The highest BCUT2D eigenvalue weighted by Gasteiger charge is 2.16. The minimum absolute atomic E-state index is 0.0415. The third kappa shape index (κ3) is 7.29. The zero-order chi connectivity index (χ0) is 25.4. The molecule has 0 aromatic heterocycles. The molecule has 3 aromatic carbocycles. The van der Waals surface area contributed by atoms with E-state index in [9.17, 15) is 9.59 Å². The van der Waals surface area contributed by atoms with Crippen molar-refractivity contribution < 1.29 is 9.59 Å². The summed E-state index contributed by atoms with van der Waals surface area (Å²) >= 11 is 6.16. The number of carbonyl (C=O) groups is 2. The van der Waals surface area contributed by atoms with E-state index in [2.05, 4.69) is 29.7 Å². The average Bonchev–Trinajstić information content (AvgIpc) is 2.84. The van der Waals surface area contributed by atoms with Gasteiger partial charge in [0.1, 0.15) is 5.70 Å². The van der Waals surface area contributed by atoms with Gasteiger partial charge in [0.15, 0.2) is 0 Å². The SMILES string of the molecule is CC(C)c1ccc(C=NNC(=O)C(=Cc2ccc(N(C)C)cc2)NC(=O)c2ccccc2Cl)cc1. The number of hydrazone groups is 1. The zero-order valence-corrected chi connectivity index (χ0v) is 21.0. The van der Waals surface area contributed by atoms with Gasteiger partial charge in [-0.25, -0.2) is 5.43 Å². The summed E-state index contributed by atoms with van der Waals surface area (Å²) in [6, 6.07) is 22.2. The van der Waals surface area contributed by atoms with Gasteiger partial charge in [0.2, 0.25) is 0 Å². The molecule has 2 N–H and O–H groups in total. The number of carbonyl (C=O) groups excluding carboxylic acids is 2. The number of amides is 2. The molecule has 35 heavy (non-hydrogen) atoms. The monoisotopic (exact) mass is 488 g/mol.